The van der Waals surface area contributed by atoms with Crippen molar-refractivity contribution in [2.24, 2.45) is 0 Å². The van der Waals surface area contributed by atoms with Gasteiger partial charge < -0.3 is 24.3 Å². The second-order valence-corrected chi connectivity index (χ2v) is 9.42. The Balaban J connectivity index is 1.50. The first-order chi connectivity index (χ1) is 17.0. The molecule has 1 N–H and O–H groups in total. The molecular formula is C28H26N4O2S. The van der Waals surface area contributed by atoms with Gasteiger partial charge in [-0.15, -0.1) is 0 Å². The average Bonchev–Trinajstić information content (AvgIpc) is 3.55. The van der Waals surface area contributed by atoms with Gasteiger partial charge in [0.2, 0.25) is 6.79 Å². The topological polar surface area (TPSA) is 51.6 Å². The summed E-state index contributed by atoms with van der Waals surface area (Å²) in [6.45, 7) is 6.65. The largest absolute Gasteiger partial charge is 0.454 e. The lowest BCUT2D eigenvalue weighted by Gasteiger charge is -2.28. The van der Waals surface area contributed by atoms with Gasteiger partial charge in [-0.2, -0.15) is 0 Å². The Morgan fingerprint density at radius 1 is 0.914 bits per heavy atom. The Morgan fingerprint density at radius 2 is 1.69 bits per heavy atom. The average molecular weight is 483 g/mol. The number of hydrogen-bond donors (Lipinski definition) is 1. The van der Waals surface area contributed by atoms with E-state index >= 15 is 0 Å². The number of benzene rings is 2. The molecule has 4 heterocycles. The van der Waals surface area contributed by atoms with Crippen LogP contribution in [0.15, 0.2) is 72.9 Å². The Labute approximate surface area is 210 Å². The van der Waals surface area contributed by atoms with Crippen molar-refractivity contribution in [1.29, 1.82) is 0 Å². The molecular weight excluding hydrogens is 456 g/mol. The van der Waals surface area contributed by atoms with Crippen LogP contribution in [0.25, 0.3) is 5.69 Å². The molecule has 1 fully saturated rings. The van der Waals surface area contributed by atoms with E-state index in [1.807, 2.05) is 30.5 Å². The number of pyridine rings is 1. The van der Waals surface area contributed by atoms with Crippen LogP contribution in [0.1, 0.15) is 40.3 Å². The Kier molecular flexibility index (Phi) is 5.22. The van der Waals surface area contributed by atoms with E-state index in [9.17, 15) is 0 Å². The minimum absolute atomic E-state index is 0.0610. The molecule has 4 aromatic rings. The van der Waals surface area contributed by atoms with Crippen LogP contribution in [0, 0.1) is 20.8 Å². The van der Waals surface area contributed by atoms with Crippen LogP contribution in [0.3, 0.4) is 0 Å². The minimum atomic E-state index is -0.0873. The van der Waals surface area contributed by atoms with Gasteiger partial charge >= 0.3 is 0 Å². The van der Waals surface area contributed by atoms with Gasteiger partial charge in [0, 0.05) is 35.0 Å². The SMILES string of the molecule is Cc1ccc(N2C(=S)N[C@H](c3ccccn3)[C@H]2c2cc(C)n(-c3ccc4c(c3)OCO4)c2C)cc1. The number of ether oxygens (including phenoxy) is 2. The molecule has 7 heteroatoms. The van der Waals surface area contributed by atoms with Crippen LogP contribution in [-0.2, 0) is 0 Å². The predicted molar refractivity (Wildman–Crippen MR) is 140 cm³/mol. The fourth-order valence-electron chi connectivity index (χ4n) is 5.16. The Morgan fingerprint density at radius 3 is 2.46 bits per heavy atom. The normalized spacial score (nSPS) is 18.7. The summed E-state index contributed by atoms with van der Waals surface area (Å²) >= 11 is 5.89. The van der Waals surface area contributed by atoms with E-state index < -0.39 is 0 Å². The van der Waals surface area contributed by atoms with Gasteiger partial charge in [0.1, 0.15) is 0 Å². The van der Waals surface area contributed by atoms with Crippen LogP contribution in [0.5, 0.6) is 11.5 Å². The lowest BCUT2D eigenvalue weighted by molar-refractivity contribution is 0.174. The molecule has 0 radical (unpaired) electrons. The molecule has 6 rings (SSSR count). The highest BCUT2D eigenvalue weighted by Gasteiger charge is 2.42. The summed E-state index contributed by atoms with van der Waals surface area (Å²) in [5.74, 6) is 1.55. The molecule has 35 heavy (non-hydrogen) atoms. The number of anilines is 1. The first-order valence-electron chi connectivity index (χ1n) is 11.7. The predicted octanol–water partition coefficient (Wildman–Crippen LogP) is 5.70. The quantitative estimate of drug-likeness (QED) is 0.377. The van der Waals surface area contributed by atoms with Crippen LogP contribution in [0.4, 0.5) is 5.69 Å². The number of hydrogen-bond acceptors (Lipinski definition) is 4. The first-order valence-corrected chi connectivity index (χ1v) is 12.1. The molecule has 2 aromatic carbocycles. The highest BCUT2D eigenvalue weighted by atomic mass is 32.1. The molecule has 6 nitrogen and oxygen atoms in total. The van der Waals surface area contributed by atoms with E-state index in [2.05, 4.69) is 83.0 Å². The number of nitrogens with one attached hydrogen (secondary N) is 1. The molecule has 0 unspecified atom stereocenters. The van der Waals surface area contributed by atoms with E-state index in [0.29, 0.717) is 5.11 Å². The number of nitrogens with zero attached hydrogens (tertiary/aromatic N) is 3. The first kappa shape index (κ1) is 21.7. The number of fused-ring (bicyclic) bond motifs is 1. The summed E-state index contributed by atoms with van der Waals surface area (Å²) in [6.07, 6.45) is 1.83. The third kappa shape index (κ3) is 3.63. The summed E-state index contributed by atoms with van der Waals surface area (Å²) in [7, 11) is 0. The molecule has 1 saturated heterocycles. The molecule has 2 aliphatic heterocycles. The van der Waals surface area contributed by atoms with Gasteiger partial charge in [0.15, 0.2) is 16.6 Å². The molecule has 0 saturated carbocycles. The van der Waals surface area contributed by atoms with Gasteiger partial charge in [-0.25, -0.2) is 0 Å². The van der Waals surface area contributed by atoms with Crippen LogP contribution in [0.2, 0.25) is 0 Å². The monoisotopic (exact) mass is 482 g/mol. The van der Waals surface area contributed by atoms with E-state index in [1.54, 1.807) is 0 Å². The van der Waals surface area contributed by atoms with E-state index in [-0.39, 0.29) is 18.9 Å². The van der Waals surface area contributed by atoms with Gasteiger partial charge in [0.25, 0.3) is 0 Å². The maximum atomic E-state index is 5.89. The summed E-state index contributed by atoms with van der Waals surface area (Å²) in [6, 6.07) is 22.7. The lowest BCUT2D eigenvalue weighted by Crippen LogP contribution is -2.29. The van der Waals surface area contributed by atoms with Crippen molar-refractivity contribution in [2.75, 3.05) is 11.7 Å². The number of aromatic nitrogens is 2. The highest BCUT2D eigenvalue weighted by Crippen LogP contribution is 2.44. The maximum Gasteiger partial charge on any atom is 0.231 e. The summed E-state index contributed by atoms with van der Waals surface area (Å²) < 4.78 is 13.4. The Bertz CT molecular complexity index is 1420. The fraction of sp³-hybridized carbons (Fsp3) is 0.214. The summed E-state index contributed by atoms with van der Waals surface area (Å²) in [4.78, 5) is 6.91. The third-order valence-corrected chi connectivity index (χ3v) is 7.13. The zero-order valence-corrected chi connectivity index (χ0v) is 20.7. The van der Waals surface area contributed by atoms with Crippen molar-refractivity contribution >= 4 is 23.0 Å². The molecule has 176 valence electrons. The lowest BCUT2D eigenvalue weighted by atomic mass is 9.96. The fourth-order valence-corrected chi connectivity index (χ4v) is 5.51. The third-order valence-electron chi connectivity index (χ3n) is 6.81. The zero-order chi connectivity index (χ0) is 24.1. The molecule has 0 amide bonds. The molecule has 2 aromatic heterocycles. The second kappa shape index (κ2) is 8.43. The van der Waals surface area contributed by atoms with Crippen molar-refractivity contribution in [3.05, 3.63) is 101 Å². The van der Waals surface area contributed by atoms with Crippen molar-refractivity contribution in [1.82, 2.24) is 14.9 Å². The molecule has 0 bridgehead atoms. The molecule has 0 spiro atoms. The standard InChI is InChI=1S/C28H26N4O2S/c1-17-7-9-20(10-8-17)32-27(26(30-28(32)35)23-6-4-5-13-29-23)22-14-18(2)31(19(22)3)21-11-12-24-25(15-21)34-16-33-24/h4-15,26-27H,16H2,1-3H3,(H,30,35)/t26-,27-/m1/s1. The van der Waals surface area contributed by atoms with Crippen LogP contribution < -0.4 is 19.7 Å². The van der Waals surface area contributed by atoms with Crippen molar-refractivity contribution in [2.45, 2.75) is 32.9 Å². The van der Waals surface area contributed by atoms with E-state index in [4.69, 9.17) is 21.7 Å². The van der Waals surface area contributed by atoms with Crippen LogP contribution >= 0.6 is 12.2 Å². The van der Waals surface area contributed by atoms with Crippen molar-refractivity contribution in [3.63, 3.8) is 0 Å². The molecule has 2 atom stereocenters. The van der Waals surface area contributed by atoms with Gasteiger partial charge in [-0.05, 0) is 81.0 Å². The maximum absolute atomic E-state index is 5.89. The van der Waals surface area contributed by atoms with Gasteiger partial charge in [-0.1, -0.05) is 23.8 Å². The van der Waals surface area contributed by atoms with Crippen molar-refractivity contribution < 1.29 is 9.47 Å². The highest BCUT2D eigenvalue weighted by molar-refractivity contribution is 7.80. The Hall–Kier alpha value is -3.84. The van der Waals surface area contributed by atoms with Crippen LogP contribution in [-0.4, -0.2) is 21.5 Å². The zero-order valence-electron chi connectivity index (χ0n) is 19.9. The molecule has 2 aliphatic rings. The molecule has 0 aliphatic carbocycles. The number of rotatable bonds is 4. The smallest absolute Gasteiger partial charge is 0.231 e. The second-order valence-electron chi connectivity index (χ2n) is 9.03. The number of thiocarbonyl (C=S) groups is 1. The van der Waals surface area contributed by atoms with Crippen molar-refractivity contribution in [3.8, 4) is 17.2 Å². The van der Waals surface area contributed by atoms with E-state index in [1.165, 1.54) is 11.1 Å². The van der Waals surface area contributed by atoms with E-state index in [0.717, 1.165) is 40.0 Å². The number of aryl methyl sites for hydroxylation is 2. The van der Waals surface area contributed by atoms with Gasteiger partial charge in [0.05, 0.1) is 17.8 Å². The summed E-state index contributed by atoms with van der Waals surface area (Å²) in [5, 5.41) is 4.26. The summed E-state index contributed by atoms with van der Waals surface area (Å²) in [5.41, 5.74) is 7.76. The van der Waals surface area contributed by atoms with Gasteiger partial charge in [-0.3, -0.25) is 4.98 Å². The minimum Gasteiger partial charge on any atom is -0.454 e.